The summed E-state index contributed by atoms with van der Waals surface area (Å²) in [6, 6.07) is 5.49. The van der Waals surface area contributed by atoms with Gasteiger partial charge in [-0.2, -0.15) is 0 Å². The Morgan fingerprint density at radius 2 is 2.19 bits per heavy atom. The number of amides is 2. The van der Waals surface area contributed by atoms with E-state index in [2.05, 4.69) is 10.6 Å². The molecule has 0 saturated carbocycles. The molecule has 16 heavy (non-hydrogen) atoms. The summed E-state index contributed by atoms with van der Waals surface area (Å²) in [5.41, 5.74) is 2.10. The minimum absolute atomic E-state index is 0.0169. The molecule has 2 rings (SSSR count). The summed E-state index contributed by atoms with van der Waals surface area (Å²) in [5.74, 6) is 0.0169. The van der Waals surface area contributed by atoms with Crippen molar-refractivity contribution in [2.24, 2.45) is 5.41 Å². The Balaban J connectivity index is 2.47. The van der Waals surface area contributed by atoms with E-state index in [1.165, 1.54) is 0 Å². The summed E-state index contributed by atoms with van der Waals surface area (Å²) >= 11 is 0. The molecule has 2 N–H and O–H groups in total. The molecular weight excluding hydrogens is 204 g/mol. The Morgan fingerprint density at radius 3 is 2.88 bits per heavy atom. The number of benzene rings is 1. The molecule has 0 saturated heterocycles. The van der Waals surface area contributed by atoms with E-state index < -0.39 is 5.41 Å². The summed E-state index contributed by atoms with van der Waals surface area (Å²) in [4.78, 5) is 22.2. The van der Waals surface area contributed by atoms with Crippen molar-refractivity contribution in [1.29, 1.82) is 0 Å². The van der Waals surface area contributed by atoms with Gasteiger partial charge in [-0.25, -0.2) is 0 Å². The van der Waals surface area contributed by atoms with Crippen LogP contribution in [0.25, 0.3) is 0 Å². The number of nitrogens with one attached hydrogen (secondary N) is 2. The zero-order chi connectivity index (χ0) is 11.8. The summed E-state index contributed by atoms with van der Waals surface area (Å²) in [6.07, 6.45) is 1.28. The maximum absolute atomic E-state index is 11.7. The minimum atomic E-state index is -0.437. The summed E-state index contributed by atoms with van der Waals surface area (Å²) in [7, 11) is 0. The third-order valence-corrected chi connectivity index (χ3v) is 2.87. The summed E-state index contributed by atoms with van der Waals surface area (Å²) in [6.45, 7) is 3.78. The van der Waals surface area contributed by atoms with Gasteiger partial charge in [0.25, 0.3) is 0 Å². The van der Waals surface area contributed by atoms with E-state index >= 15 is 0 Å². The number of rotatable bonds is 2. The zero-order valence-electron chi connectivity index (χ0n) is 9.33. The Hall–Kier alpha value is -1.84. The molecule has 1 aromatic carbocycles. The Bertz CT molecular complexity index is 438. The molecule has 2 amide bonds. The van der Waals surface area contributed by atoms with Crippen molar-refractivity contribution in [3.63, 3.8) is 0 Å². The monoisotopic (exact) mass is 218 g/mol. The smallest absolute Gasteiger partial charge is 0.230 e. The van der Waals surface area contributed by atoms with E-state index in [0.717, 1.165) is 16.9 Å². The Labute approximate surface area is 94.0 Å². The van der Waals surface area contributed by atoms with E-state index in [0.29, 0.717) is 12.8 Å². The average molecular weight is 218 g/mol. The minimum Gasteiger partial charge on any atom is -0.328 e. The van der Waals surface area contributed by atoms with Crippen LogP contribution in [0.2, 0.25) is 0 Å². The molecule has 84 valence electrons. The largest absolute Gasteiger partial charge is 0.328 e. The van der Waals surface area contributed by atoms with Gasteiger partial charge in [0.2, 0.25) is 12.3 Å². The van der Waals surface area contributed by atoms with Gasteiger partial charge in [-0.15, -0.1) is 0 Å². The molecule has 0 aliphatic carbocycles. The standard InChI is InChI=1S/C12H14N2O2/c1-12(2)6-8-9(13-7-15)4-3-5-10(8)14-11(12)16/h3-5,7H,6H2,1-2H3,(H,13,15)(H,14,16). The number of hydrogen-bond donors (Lipinski definition) is 2. The quantitative estimate of drug-likeness (QED) is 0.743. The van der Waals surface area contributed by atoms with E-state index in [4.69, 9.17) is 0 Å². The maximum Gasteiger partial charge on any atom is 0.230 e. The fraction of sp³-hybridized carbons (Fsp3) is 0.333. The van der Waals surface area contributed by atoms with E-state index in [1.807, 2.05) is 32.0 Å². The van der Waals surface area contributed by atoms with Crippen LogP contribution in [0.3, 0.4) is 0 Å². The highest BCUT2D eigenvalue weighted by Crippen LogP contribution is 2.36. The molecule has 1 aliphatic rings. The molecule has 0 radical (unpaired) electrons. The van der Waals surface area contributed by atoms with Gasteiger partial charge < -0.3 is 10.6 Å². The van der Waals surface area contributed by atoms with Gasteiger partial charge in [-0.3, -0.25) is 9.59 Å². The molecular formula is C12H14N2O2. The van der Waals surface area contributed by atoms with Crippen LogP contribution in [0.4, 0.5) is 11.4 Å². The molecule has 1 heterocycles. The van der Waals surface area contributed by atoms with Gasteiger partial charge >= 0.3 is 0 Å². The number of carbonyl (C=O) groups is 2. The zero-order valence-corrected chi connectivity index (χ0v) is 9.33. The van der Waals surface area contributed by atoms with Gasteiger partial charge in [0, 0.05) is 22.4 Å². The second-order valence-electron chi connectivity index (χ2n) is 4.61. The molecule has 0 spiro atoms. The van der Waals surface area contributed by atoms with Crippen molar-refractivity contribution in [3.8, 4) is 0 Å². The van der Waals surface area contributed by atoms with E-state index in [1.54, 1.807) is 0 Å². The average Bonchev–Trinajstić information content (AvgIpc) is 2.21. The third-order valence-electron chi connectivity index (χ3n) is 2.87. The number of anilines is 2. The van der Waals surface area contributed by atoms with Gasteiger partial charge in [-0.05, 0) is 18.6 Å². The van der Waals surface area contributed by atoms with Crippen LogP contribution in [0.5, 0.6) is 0 Å². The van der Waals surface area contributed by atoms with Crippen LogP contribution in [-0.2, 0) is 16.0 Å². The lowest BCUT2D eigenvalue weighted by molar-refractivity contribution is -0.124. The lowest BCUT2D eigenvalue weighted by atomic mass is 9.81. The van der Waals surface area contributed by atoms with Crippen molar-refractivity contribution in [1.82, 2.24) is 0 Å². The number of fused-ring (bicyclic) bond motifs is 1. The second kappa shape index (κ2) is 3.63. The molecule has 0 fully saturated rings. The first-order valence-electron chi connectivity index (χ1n) is 5.18. The molecule has 4 heteroatoms. The SMILES string of the molecule is CC1(C)Cc2c(NC=O)cccc2NC1=O. The summed E-state index contributed by atoms with van der Waals surface area (Å²) in [5, 5.41) is 5.51. The van der Waals surface area contributed by atoms with Crippen LogP contribution in [0.1, 0.15) is 19.4 Å². The van der Waals surface area contributed by atoms with Crippen molar-refractivity contribution < 1.29 is 9.59 Å². The first-order valence-corrected chi connectivity index (χ1v) is 5.18. The van der Waals surface area contributed by atoms with Crippen molar-refractivity contribution in [2.75, 3.05) is 10.6 Å². The lowest BCUT2D eigenvalue weighted by Gasteiger charge is -2.31. The van der Waals surface area contributed by atoms with E-state index in [9.17, 15) is 9.59 Å². The first kappa shape index (κ1) is 10.7. The third kappa shape index (κ3) is 1.66. The van der Waals surface area contributed by atoms with Gasteiger partial charge in [0.15, 0.2) is 0 Å². The van der Waals surface area contributed by atoms with Crippen LogP contribution in [0, 0.1) is 5.41 Å². The predicted molar refractivity (Wildman–Crippen MR) is 62.2 cm³/mol. The van der Waals surface area contributed by atoms with Crippen LogP contribution >= 0.6 is 0 Å². The Morgan fingerprint density at radius 1 is 1.44 bits per heavy atom. The predicted octanol–water partition coefficient (Wildman–Crippen LogP) is 1.78. The molecule has 0 atom stereocenters. The number of carbonyl (C=O) groups excluding carboxylic acids is 2. The highest BCUT2D eigenvalue weighted by atomic mass is 16.2. The van der Waals surface area contributed by atoms with E-state index in [-0.39, 0.29) is 5.91 Å². The van der Waals surface area contributed by atoms with Crippen molar-refractivity contribution >= 4 is 23.7 Å². The highest BCUT2D eigenvalue weighted by molar-refractivity contribution is 5.99. The normalized spacial score (nSPS) is 17.2. The van der Waals surface area contributed by atoms with Gasteiger partial charge in [0.05, 0.1) is 0 Å². The summed E-state index contributed by atoms with van der Waals surface area (Å²) < 4.78 is 0. The lowest BCUT2D eigenvalue weighted by Crippen LogP contribution is -2.37. The highest BCUT2D eigenvalue weighted by Gasteiger charge is 2.34. The van der Waals surface area contributed by atoms with Crippen LogP contribution in [-0.4, -0.2) is 12.3 Å². The molecule has 0 bridgehead atoms. The Kier molecular flexibility index (Phi) is 2.42. The van der Waals surface area contributed by atoms with Crippen LogP contribution in [0.15, 0.2) is 18.2 Å². The first-order chi connectivity index (χ1) is 7.54. The molecule has 0 aromatic heterocycles. The molecule has 4 nitrogen and oxygen atoms in total. The topological polar surface area (TPSA) is 58.2 Å². The molecule has 1 aliphatic heterocycles. The second-order valence-corrected chi connectivity index (χ2v) is 4.61. The van der Waals surface area contributed by atoms with Gasteiger partial charge in [0.1, 0.15) is 0 Å². The van der Waals surface area contributed by atoms with Gasteiger partial charge in [-0.1, -0.05) is 19.9 Å². The van der Waals surface area contributed by atoms with Crippen molar-refractivity contribution in [2.45, 2.75) is 20.3 Å². The fourth-order valence-corrected chi connectivity index (χ4v) is 1.91. The van der Waals surface area contributed by atoms with Crippen LogP contribution < -0.4 is 10.6 Å². The molecule has 1 aromatic rings. The molecule has 0 unspecified atom stereocenters. The fourth-order valence-electron chi connectivity index (χ4n) is 1.91. The number of hydrogen-bond acceptors (Lipinski definition) is 2. The maximum atomic E-state index is 11.7. The van der Waals surface area contributed by atoms with Crippen molar-refractivity contribution in [3.05, 3.63) is 23.8 Å².